The van der Waals surface area contributed by atoms with Crippen LogP contribution in [0.2, 0.25) is 10.0 Å². The fourth-order valence-electron chi connectivity index (χ4n) is 2.85. The van der Waals surface area contributed by atoms with E-state index in [1.165, 1.54) is 6.07 Å². The second-order valence-corrected chi connectivity index (χ2v) is 6.92. The van der Waals surface area contributed by atoms with Crippen molar-refractivity contribution in [1.82, 2.24) is 4.98 Å². The van der Waals surface area contributed by atoms with Crippen LogP contribution in [-0.2, 0) is 0 Å². The highest BCUT2D eigenvalue weighted by Crippen LogP contribution is 2.33. The van der Waals surface area contributed by atoms with Crippen LogP contribution in [0, 0.1) is 12.7 Å². The van der Waals surface area contributed by atoms with Gasteiger partial charge in [-0.05, 0) is 47.4 Å². The molecule has 0 aliphatic heterocycles. The minimum Gasteiger partial charge on any atom is -0.386 e. The van der Waals surface area contributed by atoms with Gasteiger partial charge >= 0.3 is 0 Å². The molecule has 1 heterocycles. The molecule has 7 heteroatoms. The number of aliphatic hydroxyl groups excluding tert-OH is 1. The molecule has 0 saturated carbocycles. The number of hydrogen-bond acceptors (Lipinski definition) is 3. The smallest absolute Gasteiger partial charge is 0.142 e. The van der Waals surface area contributed by atoms with E-state index >= 15 is 0 Å². The summed E-state index contributed by atoms with van der Waals surface area (Å²) in [4.78, 5) is 3.86. The van der Waals surface area contributed by atoms with E-state index < -0.39 is 18.0 Å². The van der Waals surface area contributed by atoms with Gasteiger partial charge in [-0.1, -0.05) is 47.5 Å². The molecule has 0 saturated heterocycles. The maximum absolute atomic E-state index is 13.4. The molecule has 0 fully saturated rings. The second-order valence-electron chi connectivity index (χ2n) is 6.11. The van der Waals surface area contributed by atoms with Crippen LogP contribution < -0.4 is 5.73 Å². The number of aliphatic hydroxyl groups is 1. The molecule has 0 radical (unpaired) electrons. The van der Waals surface area contributed by atoms with Gasteiger partial charge in [-0.25, -0.2) is 4.39 Å². The zero-order chi connectivity index (χ0) is 18.8. The van der Waals surface area contributed by atoms with Gasteiger partial charge in [0.15, 0.2) is 0 Å². The Labute approximate surface area is 173 Å². The highest BCUT2D eigenvalue weighted by Gasteiger charge is 2.21. The van der Waals surface area contributed by atoms with Gasteiger partial charge in [0.05, 0.1) is 28.4 Å². The van der Waals surface area contributed by atoms with Crippen LogP contribution in [0.1, 0.15) is 28.8 Å². The molecule has 3 aromatic rings. The Morgan fingerprint density at radius 1 is 1.00 bits per heavy atom. The van der Waals surface area contributed by atoms with E-state index in [2.05, 4.69) is 4.98 Å². The Morgan fingerprint density at radius 3 is 2.37 bits per heavy atom. The van der Waals surface area contributed by atoms with Crippen molar-refractivity contribution >= 4 is 35.6 Å². The third kappa shape index (κ3) is 4.78. The lowest BCUT2D eigenvalue weighted by Crippen LogP contribution is -2.20. The molecule has 2 atom stereocenters. The first-order chi connectivity index (χ1) is 12.4. The second kappa shape index (κ2) is 9.00. The average molecular weight is 428 g/mol. The molecule has 2 aromatic carbocycles. The summed E-state index contributed by atoms with van der Waals surface area (Å²) in [5.41, 5.74) is 9.92. The fourth-order valence-corrected chi connectivity index (χ4v) is 3.16. The number of nitrogens with zero attached hydrogens (tertiary/aromatic N) is 1. The normalized spacial score (nSPS) is 13.0. The molecule has 142 valence electrons. The average Bonchev–Trinajstić information content (AvgIpc) is 2.62. The van der Waals surface area contributed by atoms with Gasteiger partial charge in [-0.15, -0.1) is 12.4 Å². The lowest BCUT2D eigenvalue weighted by molar-refractivity contribution is 0.146. The molecular formula is C20H18Cl3FN2O. The van der Waals surface area contributed by atoms with Crippen molar-refractivity contribution in [2.24, 2.45) is 5.73 Å². The van der Waals surface area contributed by atoms with Gasteiger partial charge in [0.1, 0.15) is 5.82 Å². The molecule has 0 amide bonds. The molecule has 0 bridgehead atoms. The summed E-state index contributed by atoms with van der Waals surface area (Å²) in [7, 11) is 0. The number of aromatic nitrogens is 1. The van der Waals surface area contributed by atoms with Gasteiger partial charge in [0, 0.05) is 11.8 Å². The van der Waals surface area contributed by atoms with Crippen molar-refractivity contribution in [3.63, 3.8) is 0 Å². The highest BCUT2D eigenvalue weighted by atomic mass is 35.5. The van der Waals surface area contributed by atoms with Crippen molar-refractivity contribution in [3.05, 3.63) is 87.4 Å². The van der Waals surface area contributed by atoms with E-state index in [4.69, 9.17) is 28.9 Å². The minimum absolute atomic E-state index is 0. The minimum atomic E-state index is -0.924. The Bertz CT molecular complexity index is 952. The van der Waals surface area contributed by atoms with Crippen LogP contribution in [0.5, 0.6) is 0 Å². The van der Waals surface area contributed by atoms with E-state index in [0.717, 1.165) is 17.3 Å². The molecule has 0 spiro atoms. The third-order valence-corrected chi connectivity index (χ3v) is 5.03. The summed E-state index contributed by atoms with van der Waals surface area (Å²) in [6.45, 7) is 1.87. The first-order valence-electron chi connectivity index (χ1n) is 7.97. The van der Waals surface area contributed by atoms with Gasteiger partial charge < -0.3 is 10.8 Å². The molecule has 0 aliphatic carbocycles. The summed E-state index contributed by atoms with van der Waals surface area (Å²) in [5.74, 6) is -0.397. The third-order valence-electron chi connectivity index (χ3n) is 4.30. The number of benzene rings is 2. The molecule has 3 N–H and O–H groups in total. The van der Waals surface area contributed by atoms with E-state index in [9.17, 15) is 9.50 Å². The van der Waals surface area contributed by atoms with E-state index in [1.54, 1.807) is 30.5 Å². The standard InChI is InChI=1S/C20H17Cl2FN2O.ClH/c1-11-6-12(14-7-15(23)10-25-9-14)2-4-16(11)20(26)19(24)13-3-5-17(21)18(22)8-13;/h2-10,19-20,26H,24H2,1H3;1H/t19-,20+;/m0./s1. The number of aryl methyl sites for hydroxylation is 1. The molecule has 3 rings (SSSR count). The molecule has 0 aliphatic rings. The van der Waals surface area contributed by atoms with E-state index in [1.807, 2.05) is 19.1 Å². The summed E-state index contributed by atoms with van der Waals surface area (Å²) in [6.07, 6.45) is 1.83. The topological polar surface area (TPSA) is 59.1 Å². The Hall–Kier alpha value is -1.69. The van der Waals surface area contributed by atoms with Crippen LogP contribution in [0.15, 0.2) is 54.9 Å². The van der Waals surface area contributed by atoms with E-state index in [-0.39, 0.29) is 12.4 Å². The van der Waals surface area contributed by atoms with Gasteiger partial charge in [0.2, 0.25) is 0 Å². The summed E-state index contributed by atoms with van der Waals surface area (Å²) in [5, 5.41) is 11.5. The Morgan fingerprint density at radius 2 is 1.74 bits per heavy atom. The lowest BCUT2D eigenvalue weighted by atomic mass is 9.92. The molecule has 0 unspecified atom stereocenters. The summed E-state index contributed by atoms with van der Waals surface area (Å²) >= 11 is 12.0. The zero-order valence-electron chi connectivity index (χ0n) is 14.4. The van der Waals surface area contributed by atoms with E-state index in [0.29, 0.717) is 26.7 Å². The number of pyridine rings is 1. The predicted molar refractivity (Wildman–Crippen MR) is 110 cm³/mol. The zero-order valence-corrected chi connectivity index (χ0v) is 16.7. The van der Waals surface area contributed by atoms with Crippen molar-refractivity contribution in [1.29, 1.82) is 0 Å². The van der Waals surface area contributed by atoms with Crippen molar-refractivity contribution in [3.8, 4) is 11.1 Å². The maximum atomic E-state index is 13.4. The predicted octanol–water partition coefficient (Wildman–Crippen LogP) is 5.66. The Balaban J connectivity index is 0.00000261. The van der Waals surface area contributed by atoms with Gasteiger partial charge in [-0.2, -0.15) is 0 Å². The largest absolute Gasteiger partial charge is 0.386 e. The van der Waals surface area contributed by atoms with Crippen molar-refractivity contribution in [2.75, 3.05) is 0 Å². The van der Waals surface area contributed by atoms with Crippen LogP contribution in [-0.4, -0.2) is 10.1 Å². The van der Waals surface area contributed by atoms with Crippen LogP contribution in [0.4, 0.5) is 4.39 Å². The van der Waals surface area contributed by atoms with Gasteiger partial charge in [-0.3, -0.25) is 4.98 Å². The number of nitrogens with two attached hydrogens (primary N) is 1. The quantitative estimate of drug-likeness (QED) is 0.565. The number of rotatable bonds is 4. The monoisotopic (exact) mass is 426 g/mol. The number of halogens is 4. The lowest BCUT2D eigenvalue weighted by Gasteiger charge is -2.22. The van der Waals surface area contributed by atoms with Crippen molar-refractivity contribution in [2.45, 2.75) is 19.1 Å². The van der Waals surface area contributed by atoms with Crippen LogP contribution in [0.25, 0.3) is 11.1 Å². The van der Waals surface area contributed by atoms with Crippen molar-refractivity contribution < 1.29 is 9.50 Å². The molecule has 1 aromatic heterocycles. The molecular weight excluding hydrogens is 410 g/mol. The Kier molecular flexibility index (Phi) is 7.20. The van der Waals surface area contributed by atoms with Crippen LogP contribution in [0.3, 0.4) is 0 Å². The number of hydrogen-bond donors (Lipinski definition) is 2. The SMILES string of the molecule is Cc1cc(-c2cncc(F)c2)ccc1[C@@H](O)[C@@H](N)c1ccc(Cl)c(Cl)c1.Cl. The first kappa shape index (κ1) is 21.6. The maximum Gasteiger partial charge on any atom is 0.142 e. The summed E-state index contributed by atoms with van der Waals surface area (Å²) < 4.78 is 13.4. The molecule has 27 heavy (non-hydrogen) atoms. The first-order valence-corrected chi connectivity index (χ1v) is 8.72. The highest BCUT2D eigenvalue weighted by molar-refractivity contribution is 6.42. The summed E-state index contributed by atoms with van der Waals surface area (Å²) in [6, 6.07) is 11.3. The van der Waals surface area contributed by atoms with Crippen LogP contribution >= 0.6 is 35.6 Å². The van der Waals surface area contributed by atoms with Gasteiger partial charge in [0.25, 0.3) is 0 Å². The molecule has 3 nitrogen and oxygen atoms in total. The fraction of sp³-hybridized carbons (Fsp3) is 0.150.